The lowest BCUT2D eigenvalue weighted by molar-refractivity contribution is -0.128. The molecule has 0 aromatic heterocycles. The normalized spacial score (nSPS) is 13.4. The summed E-state index contributed by atoms with van der Waals surface area (Å²) >= 11 is 0. The molecule has 0 spiro atoms. The first-order chi connectivity index (χ1) is 14.0. The number of hydrogen-bond acceptors (Lipinski definition) is 4. The second-order valence-corrected chi connectivity index (χ2v) is 7.20. The second kappa shape index (κ2) is 9.37. The van der Waals surface area contributed by atoms with E-state index in [0.29, 0.717) is 18.5 Å². The number of rotatable bonds is 7. The summed E-state index contributed by atoms with van der Waals surface area (Å²) in [7, 11) is 0. The zero-order chi connectivity index (χ0) is 20.8. The molecule has 0 unspecified atom stereocenters. The van der Waals surface area contributed by atoms with Gasteiger partial charge in [0.1, 0.15) is 0 Å². The first-order valence-electron chi connectivity index (χ1n) is 9.90. The summed E-state index contributed by atoms with van der Waals surface area (Å²) in [4.78, 5) is 38.0. The molecule has 2 aromatic rings. The summed E-state index contributed by atoms with van der Waals surface area (Å²) in [6.07, 6.45) is 2.30. The fraction of sp³-hybridized carbons (Fsp3) is 0.348. The molecule has 0 atom stereocenters. The highest BCUT2D eigenvalue weighted by molar-refractivity contribution is 5.96. The number of ether oxygens (including phenoxy) is 1. The highest BCUT2D eigenvalue weighted by Gasteiger charge is 2.20. The Hall–Kier alpha value is -3.15. The molecule has 0 aliphatic carbocycles. The maximum absolute atomic E-state index is 12.2. The largest absolute Gasteiger partial charge is 0.452 e. The third kappa shape index (κ3) is 5.22. The number of benzene rings is 2. The van der Waals surface area contributed by atoms with Crippen molar-refractivity contribution in [1.82, 2.24) is 4.90 Å². The number of para-hydroxylation sites is 1. The van der Waals surface area contributed by atoms with E-state index in [4.69, 9.17) is 4.74 Å². The quantitative estimate of drug-likeness (QED) is 0.730. The van der Waals surface area contributed by atoms with Crippen LogP contribution in [-0.4, -0.2) is 35.8 Å². The van der Waals surface area contributed by atoms with Gasteiger partial charge < -0.3 is 15.0 Å². The minimum Gasteiger partial charge on any atom is -0.452 e. The standard InChI is InChI=1S/C23H26N2O4/c1-3-18-7-4-6-16(2)22(18)24-20(26)15-29-23(28)19-11-9-17(10-12-19)14-25-13-5-8-21(25)27/h4,6-7,9-12H,3,5,8,13-15H2,1-2H3,(H,24,26). The molecule has 1 fully saturated rings. The van der Waals surface area contributed by atoms with Crippen LogP contribution in [0, 0.1) is 6.92 Å². The number of carbonyl (C=O) groups is 3. The molecule has 1 saturated heterocycles. The molecule has 0 radical (unpaired) electrons. The Balaban J connectivity index is 1.52. The molecule has 1 N–H and O–H groups in total. The molecular formula is C23H26N2O4. The van der Waals surface area contributed by atoms with E-state index < -0.39 is 5.97 Å². The third-order valence-corrected chi connectivity index (χ3v) is 5.07. The molecular weight excluding hydrogens is 368 g/mol. The van der Waals surface area contributed by atoms with Crippen molar-refractivity contribution in [2.75, 3.05) is 18.5 Å². The van der Waals surface area contributed by atoms with Crippen molar-refractivity contribution in [2.24, 2.45) is 0 Å². The van der Waals surface area contributed by atoms with Gasteiger partial charge in [0.2, 0.25) is 5.91 Å². The molecule has 1 aliphatic heterocycles. The summed E-state index contributed by atoms with van der Waals surface area (Å²) in [6, 6.07) is 12.8. The van der Waals surface area contributed by atoms with Gasteiger partial charge in [-0.1, -0.05) is 37.3 Å². The van der Waals surface area contributed by atoms with Gasteiger partial charge in [0.05, 0.1) is 5.56 Å². The van der Waals surface area contributed by atoms with Crippen molar-refractivity contribution < 1.29 is 19.1 Å². The molecule has 0 bridgehead atoms. The number of carbonyl (C=O) groups excluding carboxylic acids is 3. The maximum Gasteiger partial charge on any atom is 0.338 e. The van der Waals surface area contributed by atoms with Crippen LogP contribution in [0.25, 0.3) is 0 Å². The van der Waals surface area contributed by atoms with Crippen molar-refractivity contribution in [3.05, 3.63) is 64.7 Å². The molecule has 0 saturated carbocycles. The maximum atomic E-state index is 12.2. The van der Waals surface area contributed by atoms with Crippen molar-refractivity contribution in [3.63, 3.8) is 0 Å². The van der Waals surface area contributed by atoms with E-state index in [-0.39, 0.29) is 18.4 Å². The van der Waals surface area contributed by atoms with Gasteiger partial charge in [0.25, 0.3) is 5.91 Å². The molecule has 1 heterocycles. The summed E-state index contributed by atoms with van der Waals surface area (Å²) < 4.78 is 5.15. The number of nitrogens with one attached hydrogen (secondary N) is 1. The SMILES string of the molecule is CCc1cccc(C)c1NC(=O)COC(=O)c1ccc(CN2CCCC2=O)cc1. The van der Waals surface area contributed by atoms with Crippen LogP contribution in [0.4, 0.5) is 5.69 Å². The minimum atomic E-state index is -0.551. The lowest BCUT2D eigenvalue weighted by Gasteiger charge is -2.15. The van der Waals surface area contributed by atoms with E-state index in [0.717, 1.165) is 41.8 Å². The van der Waals surface area contributed by atoms with Crippen molar-refractivity contribution in [3.8, 4) is 0 Å². The van der Waals surface area contributed by atoms with Gasteiger partial charge in [-0.2, -0.15) is 0 Å². The highest BCUT2D eigenvalue weighted by Crippen LogP contribution is 2.21. The Labute approximate surface area is 170 Å². The van der Waals surface area contributed by atoms with Gasteiger partial charge in [0, 0.05) is 25.2 Å². The lowest BCUT2D eigenvalue weighted by Crippen LogP contribution is -2.24. The number of amides is 2. The average Bonchev–Trinajstić information content (AvgIpc) is 3.12. The van der Waals surface area contributed by atoms with Crippen LogP contribution in [0.5, 0.6) is 0 Å². The number of aryl methyl sites for hydroxylation is 2. The second-order valence-electron chi connectivity index (χ2n) is 7.20. The van der Waals surface area contributed by atoms with Crippen molar-refractivity contribution in [1.29, 1.82) is 0 Å². The van der Waals surface area contributed by atoms with E-state index >= 15 is 0 Å². The molecule has 1 aliphatic rings. The van der Waals surface area contributed by atoms with Crippen LogP contribution >= 0.6 is 0 Å². The van der Waals surface area contributed by atoms with E-state index in [9.17, 15) is 14.4 Å². The van der Waals surface area contributed by atoms with Crippen LogP contribution in [0.1, 0.15) is 46.8 Å². The van der Waals surface area contributed by atoms with Gasteiger partial charge in [-0.3, -0.25) is 9.59 Å². The smallest absolute Gasteiger partial charge is 0.338 e. The Morgan fingerprint density at radius 3 is 2.55 bits per heavy atom. The number of anilines is 1. The van der Waals surface area contributed by atoms with Crippen molar-refractivity contribution in [2.45, 2.75) is 39.7 Å². The van der Waals surface area contributed by atoms with Crippen LogP contribution in [0.15, 0.2) is 42.5 Å². The molecule has 6 nitrogen and oxygen atoms in total. The van der Waals surface area contributed by atoms with Gasteiger partial charge in [-0.15, -0.1) is 0 Å². The summed E-state index contributed by atoms with van der Waals surface area (Å²) in [5.41, 5.74) is 4.12. The Kier molecular flexibility index (Phi) is 6.65. The molecule has 3 rings (SSSR count). The van der Waals surface area contributed by atoms with Crippen molar-refractivity contribution >= 4 is 23.5 Å². The van der Waals surface area contributed by atoms with Crippen LogP contribution in [-0.2, 0) is 27.3 Å². The molecule has 6 heteroatoms. The highest BCUT2D eigenvalue weighted by atomic mass is 16.5. The molecule has 2 aromatic carbocycles. The van der Waals surface area contributed by atoms with Gasteiger partial charge in [-0.05, 0) is 48.6 Å². The fourth-order valence-electron chi connectivity index (χ4n) is 3.43. The summed E-state index contributed by atoms with van der Waals surface area (Å²) in [5.74, 6) is -0.754. The predicted molar refractivity (Wildman–Crippen MR) is 111 cm³/mol. The Bertz CT molecular complexity index is 906. The van der Waals surface area contributed by atoms with Crippen LogP contribution in [0.3, 0.4) is 0 Å². The van der Waals surface area contributed by atoms with Crippen LogP contribution in [0.2, 0.25) is 0 Å². The number of esters is 1. The number of likely N-dealkylation sites (tertiary alicyclic amines) is 1. The Morgan fingerprint density at radius 2 is 1.90 bits per heavy atom. The number of hydrogen-bond donors (Lipinski definition) is 1. The first kappa shape index (κ1) is 20.6. The monoisotopic (exact) mass is 394 g/mol. The van der Waals surface area contributed by atoms with Gasteiger partial charge >= 0.3 is 5.97 Å². The summed E-state index contributed by atoms with van der Waals surface area (Å²) in [6.45, 7) is 4.93. The number of nitrogens with zero attached hydrogens (tertiary/aromatic N) is 1. The lowest BCUT2D eigenvalue weighted by atomic mass is 10.1. The zero-order valence-corrected chi connectivity index (χ0v) is 16.9. The fourth-order valence-corrected chi connectivity index (χ4v) is 3.43. The predicted octanol–water partition coefficient (Wildman–Crippen LogP) is 3.48. The summed E-state index contributed by atoms with van der Waals surface area (Å²) in [5, 5.41) is 2.84. The van der Waals surface area contributed by atoms with Gasteiger partial charge in [0.15, 0.2) is 6.61 Å². The third-order valence-electron chi connectivity index (χ3n) is 5.07. The topological polar surface area (TPSA) is 75.7 Å². The average molecular weight is 394 g/mol. The van der Waals surface area contributed by atoms with Crippen LogP contribution < -0.4 is 5.32 Å². The first-order valence-corrected chi connectivity index (χ1v) is 9.90. The van der Waals surface area contributed by atoms with E-state index in [1.54, 1.807) is 12.1 Å². The minimum absolute atomic E-state index is 0.166. The van der Waals surface area contributed by atoms with Gasteiger partial charge in [-0.25, -0.2) is 4.79 Å². The molecule has 2 amide bonds. The molecule has 29 heavy (non-hydrogen) atoms. The molecule has 152 valence electrons. The Morgan fingerprint density at radius 1 is 1.14 bits per heavy atom. The van der Waals surface area contributed by atoms with E-state index in [1.807, 2.05) is 49.1 Å². The van der Waals surface area contributed by atoms with E-state index in [2.05, 4.69) is 5.32 Å². The zero-order valence-electron chi connectivity index (χ0n) is 16.9. The van der Waals surface area contributed by atoms with E-state index in [1.165, 1.54) is 0 Å².